The number of hydrogen-bond donors (Lipinski definition) is 3. The van der Waals surface area contributed by atoms with Gasteiger partial charge in [-0.3, -0.25) is 14.5 Å². The Morgan fingerprint density at radius 3 is 2.42 bits per heavy atom. The molecule has 0 saturated carbocycles. The van der Waals surface area contributed by atoms with E-state index in [2.05, 4.69) is 26.6 Å². The number of nitrogen functional groups attached to an aromatic ring is 1. The number of para-hydroxylation sites is 2. The van der Waals surface area contributed by atoms with E-state index in [-0.39, 0.29) is 23.7 Å². The summed E-state index contributed by atoms with van der Waals surface area (Å²) in [7, 11) is 0. The van der Waals surface area contributed by atoms with Crippen LogP contribution in [0.4, 0.5) is 21.5 Å². The third-order valence-electron chi connectivity index (χ3n) is 6.26. The van der Waals surface area contributed by atoms with Crippen molar-refractivity contribution in [2.45, 2.75) is 5.92 Å². The minimum atomic E-state index is -0.450. The molecule has 6 nitrogen and oxygen atoms in total. The maximum atomic E-state index is 13.1. The summed E-state index contributed by atoms with van der Waals surface area (Å²) < 4.78 is 14.0. The SMILES string of the molecule is Nc1ccccc1NC(=O)C=Cc1ccc(C2CN(CCF)CC2C(=O)Nc2ccc(Br)cc2)cc1. The zero-order valence-corrected chi connectivity index (χ0v) is 21.2. The lowest BCUT2D eigenvalue weighted by Gasteiger charge is -2.19. The molecule has 0 aromatic heterocycles. The Labute approximate surface area is 218 Å². The molecule has 8 heteroatoms. The molecule has 2 unspecified atom stereocenters. The number of nitrogens with two attached hydrogens (primary N) is 1. The van der Waals surface area contributed by atoms with Crippen LogP contribution in [-0.2, 0) is 9.59 Å². The standard InChI is InChI=1S/C28H28BrFN4O2/c29-21-10-12-22(13-11-21)32-28(36)24-18-34(16-15-30)17-23(24)20-8-5-19(6-9-20)7-14-27(35)33-26-4-2-1-3-25(26)31/h1-14,23-24H,15-18,31H2,(H,32,36)(H,33,35). The normalized spacial score (nSPS) is 17.8. The summed E-state index contributed by atoms with van der Waals surface area (Å²) in [5, 5.41) is 5.76. The third-order valence-corrected chi connectivity index (χ3v) is 6.78. The van der Waals surface area contributed by atoms with Crippen molar-refractivity contribution in [1.82, 2.24) is 4.90 Å². The van der Waals surface area contributed by atoms with Crippen molar-refractivity contribution in [2.24, 2.45) is 5.92 Å². The number of nitrogens with one attached hydrogen (secondary N) is 2. The van der Waals surface area contributed by atoms with Crippen molar-refractivity contribution in [1.29, 1.82) is 0 Å². The second-order valence-corrected chi connectivity index (χ2v) is 9.65. The van der Waals surface area contributed by atoms with Crippen molar-refractivity contribution in [3.63, 3.8) is 0 Å². The van der Waals surface area contributed by atoms with Gasteiger partial charge in [0.05, 0.1) is 17.3 Å². The lowest BCUT2D eigenvalue weighted by atomic mass is 9.88. The van der Waals surface area contributed by atoms with Gasteiger partial charge in [-0.05, 0) is 53.6 Å². The summed E-state index contributed by atoms with van der Waals surface area (Å²) in [6.45, 7) is 0.967. The van der Waals surface area contributed by atoms with Gasteiger partial charge in [-0.15, -0.1) is 0 Å². The molecule has 186 valence electrons. The minimum absolute atomic E-state index is 0.0608. The van der Waals surface area contributed by atoms with E-state index in [0.717, 1.165) is 21.3 Å². The van der Waals surface area contributed by atoms with E-state index in [4.69, 9.17) is 5.73 Å². The molecule has 3 aromatic carbocycles. The second kappa shape index (κ2) is 12.0. The highest BCUT2D eigenvalue weighted by atomic mass is 79.9. The fraction of sp³-hybridized carbons (Fsp3) is 0.214. The molecule has 1 saturated heterocycles. The Kier molecular flexibility index (Phi) is 8.51. The monoisotopic (exact) mass is 550 g/mol. The molecule has 36 heavy (non-hydrogen) atoms. The van der Waals surface area contributed by atoms with Gasteiger partial charge in [-0.25, -0.2) is 4.39 Å². The van der Waals surface area contributed by atoms with Crippen molar-refractivity contribution in [3.05, 3.63) is 94.5 Å². The van der Waals surface area contributed by atoms with E-state index in [9.17, 15) is 14.0 Å². The fourth-order valence-electron chi connectivity index (χ4n) is 4.37. The summed E-state index contributed by atoms with van der Waals surface area (Å²) in [5.74, 6) is -0.720. The Balaban J connectivity index is 1.43. The van der Waals surface area contributed by atoms with Gasteiger partial charge < -0.3 is 16.4 Å². The van der Waals surface area contributed by atoms with E-state index in [1.807, 2.05) is 53.4 Å². The van der Waals surface area contributed by atoms with E-state index in [1.165, 1.54) is 6.08 Å². The molecule has 0 bridgehead atoms. The van der Waals surface area contributed by atoms with Gasteiger partial charge in [0.25, 0.3) is 0 Å². The van der Waals surface area contributed by atoms with Crippen LogP contribution in [0.25, 0.3) is 6.08 Å². The van der Waals surface area contributed by atoms with E-state index in [0.29, 0.717) is 31.0 Å². The lowest BCUT2D eigenvalue weighted by molar-refractivity contribution is -0.120. The summed E-state index contributed by atoms with van der Waals surface area (Å²) in [4.78, 5) is 27.4. The number of hydrogen-bond acceptors (Lipinski definition) is 4. The number of likely N-dealkylation sites (tertiary alicyclic amines) is 1. The molecule has 3 aromatic rings. The van der Waals surface area contributed by atoms with Crippen LogP contribution in [0, 0.1) is 5.92 Å². The van der Waals surface area contributed by atoms with Crippen molar-refractivity contribution < 1.29 is 14.0 Å². The highest BCUT2D eigenvalue weighted by Crippen LogP contribution is 2.34. The van der Waals surface area contributed by atoms with Gasteiger partial charge in [0.15, 0.2) is 0 Å². The minimum Gasteiger partial charge on any atom is -0.397 e. The first kappa shape index (κ1) is 25.6. The quantitative estimate of drug-likeness (QED) is 0.262. The largest absolute Gasteiger partial charge is 0.397 e. The van der Waals surface area contributed by atoms with Crippen LogP contribution in [0.15, 0.2) is 83.3 Å². The molecule has 4 N–H and O–H groups in total. The molecule has 0 aliphatic carbocycles. The molecule has 0 radical (unpaired) electrons. The molecule has 2 atom stereocenters. The highest BCUT2D eigenvalue weighted by molar-refractivity contribution is 9.10. The number of nitrogens with zero attached hydrogens (tertiary/aromatic N) is 1. The Hall–Kier alpha value is -3.49. The zero-order valence-electron chi connectivity index (χ0n) is 19.7. The number of carbonyl (C=O) groups is 2. The molecule has 1 fully saturated rings. The van der Waals surface area contributed by atoms with E-state index in [1.54, 1.807) is 30.3 Å². The van der Waals surface area contributed by atoms with Gasteiger partial charge in [-0.1, -0.05) is 52.3 Å². The van der Waals surface area contributed by atoms with Gasteiger partial charge in [0, 0.05) is 41.8 Å². The molecule has 4 rings (SSSR count). The molecular weight excluding hydrogens is 523 g/mol. The number of carbonyl (C=O) groups excluding carboxylic acids is 2. The van der Waals surface area contributed by atoms with Gasteiger partial charge in [0.1, 0.15) is 6.67 Å². The Morgan fingerprint density at radius 2 is 1.72 bits per heavy atom. The number of rotatable bonds is 8. The first-order valence-corrected chi connectivity index (χ1v) is 12.5. The van der Waals surface area contributed by atoms with Crippen LogP contribution in [0.1, 0.15) is 17.0 Å². The molecule has 1 aliphatic heterocycles. The lowest BCUT2D eigenvalue weighted by Crippen LogP contribution is -2.29. The predicted molar refractivity (Wildman–Crippen MR) is 146 cm³/mol. The highest BCUT2D eigenvalue weighted by Gasteiger charge is 2.38. The number of halogens is 2. The summed E-state index contributed by atoms with van der Waals surface area (Å²) >= 11 is 3.40. The molecule has 1 aliphatic rings. The Bertz CT molecular complexity index is 1230. The second-order valence-electron chi connectivity index (χ2n) is 8.73. The van der Waals surface area contributed by atoms with Crippen LogP contribution < -0.4 is 16.4 Å². The first-order chi connectivity index (χ1) is 17.4. The van der Waals surface area contributed by atoms with Crippen LogP contribution in [0.3, 0.4) is 0 Å². The first-order valence-electron chi connectivity index (χ1n) is 11.7. The van der Waals surface area contributed by atoms with E-state index < -0.39 is 6.67 Å². The van der Waals surface area contributed by atoms with Crippen LogP contribution in [0.2, 0.25) is 0 Å². The van der Waals surface area contributed by atoms with Crippen LogP contribution in [0.5, 0.6) is 0 Å². The predicted octanol–water partition coefficient (Wildman–Crippen LogP) is 5.31. The van der Waals surface area contributed by atoms with Crippen LogP contribution >= 0.6 is 15.9 Å². The van der Waals surface area contributed by atoms with Gasteiger partial charge in [0.2, 0.25) is 11.8 Å². The van der Waals surface area contributed by atoms with Crippen molar-refractivity contribution in [2.75, 3.05) is 42.7 Å². The number of benzene rings is 3. The number of alkyl halides is 1. The van der Waals surface area contributed by atoms with Crippen molar-refractivity contribution >= 4 is 50.9 Å². The maximum Gasteiger partial charge on any atom is 0.248 e. The molecule has 2 amide bonds. The summed E-state index contributed by atoms with van der Waals surface area (Å²) in [5.41, 5.74) is 9.51. The number of anilines is 3. The molecular formula is C28H28BrFN4O2. The molecule has 1 heterocycles. The van der Waals surface area contributed by atoms with Gasteiger partial charge >= 0.3 is 0 Å². The smallest absolute Gasteiger partial charge is 0.248 e. The zero-order chi connectivity index (χ0) is 25.5. The van der Waals surface area contributed by atoms with Crippen LogP contribution in [-0.4, -0.2) is 43.0 Å². The Morgan fingerprint density at radius 1 is 1.00 bits per heavy atom. The average Bonchev–Trinajstić information content (AvgIpc) is 3.30. The average molecular weight is 551 g/mol. The third kappa shape index (κ3) is 6.59. The topological polar surface area (TPSA) is 87.5 Å². The molecule has 0 spiro atoms. The summed E-state index contributed by atoms with van der Waals surface area (Å²) in [6, 6.07) is 22.3. The maximum absolute atomic E-state index is 13.1. The summed E-state index contributed by atoms with van der Waals surface area (Å²) in [6.07, 6.45) is 3.18. The van der Waals surface area contributed by atoms with Crippen molar-refractivity contribution in [3.8, 4) is 0 Å². The fourth-order valence-corrected chi connectivity index (χ4v) is 4.63. The van der Waals surface area contributed by atoms with Gasteiger partial charge in [-0.2, -0.15) is 0 Å². The van der Waals surface area contributed by atoms with E-state index >= 15 is 0 Å². The number of amides is 2.